The summed E-state index contributed by atoms with van der Waals surface area (Å²) in [7, 11) is 0. The Balaban J connectivity index is 2.36. The van der Waals surface area contributed by atoms with E-state index < -0.39 is 0 Å². The predicted molar refractivity (Wildman–Crippen MR) is 73.5 cm³/mol. The summed E-state index contributed by atoms with van der Waals surface area (Å²) in [5.41, 5.74) is 3.10. The first-order chi connectivity index (χ1) is 8.27. The molecule has 3 nitrogen and oxygen atoms in total. The van der Waals surface area contributed by atoms with Gasteiger partial charge in [0.25, 0.3) is 0 Å². The third kappa shape index (κ3) is 1.71. The average molecular weight is 306 g/mol. The Bertz CT molecular complexity index is 730. The predicted octanol–water partition coefficient (Wildman–Crippen LogP) is 3.82. The molecule has 2 aromatic heterocycles. The lowest BCUT2D eigenvalue weighted by Gasteiger charge is -1.96. The number of halogens is 1. The second-order valence-electron chi connectivity index (χ2n) is 3.61. The maximum absolute atomic E-state index is 5.18. The Morgan fingerprint density at radius 2 is 1.94 bits per heavy atom. The molecular formula is C12H8BrN3S. The maximum Gasteiger partial charge on any atom is 0.219 e. The van der Waals surface area contributed by atoms with Crippen molar-refractivity contribution in [2.75, 3.05) is 0 Å². The molecule has 0 spiro atoms. The lowest BCUT2D eigenvalue weighted by molar-refractivity contribution is 0.905. The fraction of sp³-hybridized carbons (Fsp3) is 0. The molecule has 0 aliphatic carbocycles. The zero-order chi connectivity index (χ0) is 11.8. The van der Waals surface area contributed by atoms with Crippen molar-refractivity contribution in [1.82, 2.24) is 14.6 Å². The van der Waals surface area contributed by atoms with Gasteiger partial charge >= 0.3 is 0 Å². The molecule has 5 heteroatoms. The molecule has 0 radical (unpaired) electrons. The van der Waals surface area contributed by atoms with E-state index >= 15 is 0 Å². The minimum absolute atomic E-state index is 0.519. The van der Waals surface area contributed by atoms with E-state index in [1.807, 2.05) is 36.4 Å². The van der Waals surface area contributed by atoms with Crippen molar-refractivity contribution < 1.29 is 0 Å². The Hall–Kier alpha value is -1.46. The summed E-state index contributed by atoms with van der Waals surface area (Å²) in [5, 5.41) is 3.25. The topological polar surface area (TPSA) is 33.1 Å². The molecule has 0 saturated heterocycles. The largest absolute Gasteiger partial charge is 0.290 e. The van der Waals surface area contributed by atoms with Gasteiger partial charge in [-0.15, -0.1) is 0 Å². The number of benzene rings is 1. The van der Waals surface area contributed by atoms with Crippen LogP contribution in [0.4, 0.5) is 0 Å². The van der Waals surface area contributed by atoms with Gasteiger partial charge in [0.05, 0.1) is 15.7 Å². The highest BCUT2D eigenvalue weighted by Crippen LogP contribution is 2.30. The Morgan fingerprint density at radius 3 is 2.65 bits per heavy atom. The maximum atomic E-state index is 5.18. The highest BCUT2D eigenvalue weighted by Gasteiger charge is 2.10. The zero-order valence-electron chi connectivity index (χ0n) is 8.72. The number of nitrogens with one attached hydrogen (secondary N) is 1. The van der Waals surface area contributed by atoms with E-state index in [9.17, 15) is 0 Å². The summed E-state index contributed by atoms with van der Waals surface area (Å²) in [4.78, 5) is 4.08. The van der Waals surface area contributed by atoms with Gasteiger partial charge in [-0.3, -0.25) is 5.10 Å². The molecule has 84 valence electrons. The van der Waals surface area contributed by atoms with Crippen LogP contribution in [-0.4, -0.2) is 14.6 Å². The van der Waals surface area contributed by atoms with Crippen molar-refractivity contribution >= 4 is 33.7 Å². The van der Waals surface area contributed by atoms with Crippen LogP contribution < -0.4 is 0 Å². The SMILES string of the molecule is S=c1nccc2c(Br)c(-c3ccccc3)[nH]n12. The molecule has 0 aliphatic heterocycles. The Morgan fingerprint density at radius 1 is 1.18 bits per heavy atom. The number of hydrogen-bond donors (Lipinski definition) is 1. The molecule has 0 saturated carbocycles. The van der Waals surface area contributed by atoms with Crippen LogP contribution in [0.1, 0.15) is 0 Å². The number of H-pyrrole nitrogens is 1. The van der Waals surface area contributed by atoms with Crippen LogP contribution in [0, 0.1) is 4.77 Å². The lowest BCUT2D eigenvalue weighted by atomic mass is 10.1. The van der Waals surface area contributed by atoms with Gasteiger partial charge in [0.2, 0.25) is 4.77 Å². The third-order valence-electron chi connectivity index (χ3n) is 2.58. The molecule has 17 heavy (non-hydrogen) atoms. The molecule has 1 aromatic carbocycles. The number of aromatic nitrogens is 3. The van der Waals surface area contributed by atoms with Gasteiger partial charge in [-0.2, -0.15) is 0 Å². The minimum atomic E-state index is 0.519. The molecule has 3 rings (SSSR count). The Labute approximate surface area is 111 Å². The number of nitrogens with zero attached hydrogens (tertiary/aromatic N) is 2. The number of rotatable bonds is 1. The van der Waals surface area contributed by atoms with Gasteiger partial charge in [0.1, 0.15) is 0 Å². The normalized spacial score (nSPS) is 10.9. The number of fused-ring (bicyclic) bond motifs is 1. The second kappa shape index (κ2) is 4.09. The summed E-state index contributed by atoms with van der Waals surface area (Å²) >= 11 is 8.77. The van der Waals surface area contributed by atoms with E-state index in [1.165, 1.54) is 0 Å². The second-order valence-corrected chi connectivity index (χ2v) is 4.77. The first-order valence-corrected chi connectivity index (χ1v) is 6.28. The van der Waals surface area contributed by atoms with E-state index in [0.29, 0.717) is 4.77 Å². The average Bonchev–Trinajstić information content (AvgIpc) is 2.70. The summed E-state index contributed by atoms with van der Waals surface area (Å²) in [5.74, 6) is 0. The fourth-order valence-electron chi connectivity index (χ4n) is 1.77. The first-order valence-electron chi connectivity index (χ1n) is 5.08. The van der Waals surface area contributed by atoms with Crippen molar-refractivity contribution in [3.63, 3.8) is 0 Å². The van der Waals surface area contributed by atoms with Crippen molar-refractivity contribution in [2.45, 2.75) is 0 Å². The van der Waals surface area contributed by atoms with Crippen LogP contribution >= 0.6 is 28.1 Å². The van der Waals surface area contributed by atoms with Gasteiger partial charge in [-0.1, -0.05) is 30.3 Å². The monoisotopic (exact) mass is 305 g/mol. The molecule has 0 unspecified atom stereocenters. The summed E-state index contributed by atoms with van der Waals surface area (Å²) in [6, 6.07) is 12.0. The van der Waals surface area contributed by atoms with Gasteiger partial charge < -0.3 is 0 Å². The van der Waals surface area contributed by atoms with Gasteiger partial charge in [0, 0.05) is 11.8 Å². The van der Waals surface area contributed by atoms with Gasteiger partial charge in [-0.05, 0) is 34.2 Å². The molecule has 1 N–H and O–H groups in total. The number of aromatic amines is 1. The first kappa shape index (κ1) is 10.7. The van der Waals surface area contributed by atoms with Crippen LogP contribution in [-0.2, 0) is 0 Å². The van der Waals surface area contributed by atoms with E-state index in [2.05, 4.69) is 26.0 Å². The smallest absolute Gasteiger partial charge is 0.219 e. The van der Waals surface area contributed by atoms with Crippen molar-refractivity contribution in [3.8, 4) is 11.3 Å². The number of hydrogen-bond acceptors (Lipinski definition) is 2. The molecular weight excluding hydrogens is 298 g/mol. The van der Waals surface area contributed by atoms with Crippen LogP contribution in [0.3, 0.4) is 0 Å². The van der Waals surface area contributed by atoms with Crippen molar-refractivity contribution in [2.24, 2.45) is 0 Å². The molecule has 3 aromatic rings. The molecule has 0 amide bonds. The minimum Gasteiger partial charge on any atom is -0.290 e. The summed E-state index contributed by atoms with van der Waals surface area (Å²) in [6.45, 7) is 0. The molecule has 0 fully saturated rings. The Kier molecular flexibility index (Phi) is 2.57. The van der Waals surface area contributed by atoms with E-state index in [0.717, 1.165) is 21.2 Å². The molecule has 0 bridgehead atoms. The van der Waals surface area contributed by atoms with Crippen molar-refractivity contribution in [1.29, 1.82) is 0 Å². The van der Waals surface area contributed by atoms with Crippen LogP contribution in [0.15, 0.2) is 47.1 Å². The van der Waals surface area contributed by atoms with Gasteiger partial charge in [-0.25, -0.2) is 9.50 Å². The highest BCUT2D eigenvalue weighted by molar-refractivity contribution is 9.10. The van der Waals surface area contributed by atoms with Crippen LogP contribution in [0.25, 0.3) is 16.8 Å². The summed E-state index contributed by atoms with van der Waals surface area (Å²) in [6.07, 6.45) is 1.71. The fourth-order valence-corrected chi connectivity index (χ4v) is 2.60. The van der Waals surface area contributed by atoms with E-state index in [-0.39, 0.29) is 0 Å². The molecule has 0 atom stereocenters. The summed E-state index contributed by atoms with van der Waals surface area (Å²) < 4.78 is 3.31. The molecule has 2 heterocycles. The lowest BCUT2D eigenvalue weighted by Crippen LogP contribution is -1.90. The van der Waals surface area contributed by atoms with Crippen molar-refractivity contribution in [3.05, 3.63) is 51.8 Å². The van der Waals surface area contributed by atoms with Crippen LogP contribution in [0.5, 0.6) is 0 Å². The van der Waals surface area contributed by atoms with E-state index in [4.69, 9.17) is 12.2 Å². The third-order valence-corrected chi connectivity index (χ3v) is 3.67. The quantitative estimate of drug-likeness (QED) is 0.693. The van der Waals surface area contributed by atoms with Crippen LogP contribution in [0.2, 0.25) is 0 Å². The van der Waals surface area contributed by atoms with Gasteiger partial charge in [0.15, 0.2) is 0 Å². The standard InChI is InChI=1S/C12H8BrN3S/c13-10-9-6-7-14-12(17)16(9)15-11(10)8-4-2-1-3-5-8/h1-7,15H. The highest BCUT2D eigenvalue weighted by atomic mass is 79.9. The zero-order valence-corrected chi connectivity index (χ0v) is 11.1. The molecule has 0 aliphatic rings. The van der Waals surface area contributed by atoms with E-state index in [1.54, 1.807) is 10.7 Å².